The summed E-state index contributed by atoms with van der Waals surface area (Å²) < 4.78 is 15.9. The number of carbonyl (C=O) groups is 1. The predicted molar refractivity (Wildman–Crippen MR) is 114 cm³/mol. The second kappa shape index (κ2) is 8.61. The largest absolute Gasteiger partial charge is 0.507 e. The minimum Gasteiger partial charge on any atom is -0.507 e. The molecule has 158 valence electrons. The van der Waals surface area contributed by atoms with Crippen LogP contribution in [0.5, 0.6) is 11.5 Å². The Bertz CT molecular complexity index is 1140. The molecule has 0 fully saturated rings. The number of benzene rings is 2. The van der Waals surface area contributed by atoms with Gasteiger partial charge in [-0.1, -0.05) is 33.8 Å². The molecule has 1 N–H and O–H groups in total. The van der Waals surface area contributed by atoms with E-state index in [9.17, 15) is 14.7 Å². The normalized spacial score (nSPS) is 11.3. The molecule has 0 spiro atoms. The number of ether oxygens (including phenoxy) is 2. The fraction of sp³-hybridized carbons (Fsp3) is 0.333. The molecule has 0 radical (unpaired) electrons. The van der Waals surface area contributed by atoms with Crippen LogP contribution in [-0.2, 0) is 11.3 Å². The van der Waals surface area contributed by atoms with Crippen LogP contribution < -0.4 is 10.4 Å². The van der Waals surface area contributed by atoms with E-state index < -0.39 is 11.6 Å². The van der Waals surface area contributed by atoms with Crippen LogP contribution >= 0.6 is 0 Å². The van der Waals surface area contributed by atoms with E-state index in [4.69, 9.17) is 13.9 Å². The molecule has 6 heteroatoms. The molecule has 30 heavy (non-hydrogen) atoms. The number of hydrogen-bond donors (Lipinski definition) is 1. The summed E-state index contributed by atoms with van der Waals surface area (Å²) in [4.78, 5) is 24.7. The van der Waals surface area contributed by atoms with Gasteiger partial charge < -0.3 is 19.0 Å². The van der Waals surface area contributed by atoms with Crippen molar-refractivity contribution in [3.63, 3.8) is 0 Å². The van der Waals surface area contributed by atoms with Crippen LogP contribution in [0.15, 0.2) is 45.6 Å². The monoisotopic (exact) mass is 410 g/mol. The topological polar surface area (TPSA) is 86.0 Å². The first kappa shape index (κ1) is 21.4. The summed E-state index contributed by atoms with van der Waals surface area (Å²) in [7, 11) is 1.52. The number of phenols is 1. The van der Waals surface area contributed by atoms with E-state index in [1.165, 1.54) is 13.2 Å². The zero-order valence-electron chi connectivity index (χ0n) is 17.8. The fourth-order valence-corrected chi connectivity index (χ4v) is 3.29. The third kappa shape index (κ3) is 4.32. The molecule has 2 aromatic carbocycles. The first-order valence-electron chi connectivity index (χ1n) is 9.86. The molecule has 0 atom stereocenters. The van der Waals surface area contributed by atoms with E-state index in [1.807, 2.05) is 33.8 Å². The molecule has 0 amide bonds. The number of rotatable bonds is 6. The van der Waals surface area contributed by atoms with Gasteiger partial charge in [0.2, 0.25) is 0 Å². The summed E-state index contributed by atoms with van der Waals surface area (Å²) in [6.45, 7) is 7.83. The predicted octanol–water partition coefficient (Wildman–Crippen LogP) is 5.11. The van der Waals surface area contributed by atoms with Gasteiger partial charge in [-0.2, -0.15) is 0 Å². The molecule has 0 saturated heterocycles. The van der Waals surface area contributed by atoms with Gasteiger partial charge in [-0.15, -0.1) is 0 Å². The number of hydrogen-bond acceptors (Lipinski definition) is 6. The molecule has 6 nitrogen and oxygen atoms in total. The highest BCUT2D eigenvalue weighted by Gasteiger charge is 2.21. The van der Waals surface area contributed by atoms with Gasteiger partial charge in [0.05, 0.1) is 7.11 Å². The molecule has 1 aromatic heterocycles. The molecule has 0 aliphatic carbocycles. The summed E-state index contributed by atoms with van der Waals surface area (Å²) in [6.07, 6.45) is 0. The van der Waals surface area contributed by atoms with Gasteiger partial charge in [0.1, 0.15) is 29.3 Å². The Morgan fingerprint density at radius 1 is 1.07 bits per heavy atom. The average Bonchev–Trinajstić information content (AvgIpc) is 2.70. The van der Waals surface area contributed by atoms with E-state index in [0.717, 1.165) is 5.56 Å². The van der Waals surface area contributed by atoms with Crippen LogP contribution in [0.1, 0.15) is 66.6 Å². The van der Waals surface area contributed by atoms with Crippen molar-refractivity contribution >= 4 is 16.9 Å². The minimum atomic E-state index is -0.646. The van der Waals surface area contributed by atoms with Crippen molar-refractivity contribution in [1.82, 2.24) is 0 Å². The lowest BCUT2D eigenvalue weighted by Gasteiger charge is -2.16. The van der Waals surface area contributed by atoms with Crippen molar-refractivity contribution in [2.45, 2.75) is 46.1 Å². The van der Waals surface area contributed by atoms with Crippen molar-refractivity contribution in [1.29, 1.82) is 0 Å². The van der Waals surface area contributed by atoms with Gasteiger partial charge in [0.15, 0.2) is 0 Å². The number of fused-ring (bicyclic) bond motifs is 1. The van der Waals surface area contributed by atoms with Crippen LogP contribution in [0.4, 0.5) is 0 Å². The number of aromatic hydroxyl groups is 1. The van der Waals surface area contributed by atoms with Crippen LogP contribution in [0.2, 0.25) is 0 Å². The highest BCUT2D eigenvalue weighted by Crippen LogP contribution is 2.33. The summed E-state index contributed by atoms with van der Waals surface area (Å²) >= 11 is 0. The Morgan fingerprint density at radius 2 is 1.80 bits per heavy atom. The first-order valence-corrected chi connectivity index (χ1v) is 9.86. The molecule has 3 rings (SSSR count). The molecular weight excluding hydrogens is 384 g/mol. The number of phenolic OH excluding ortho intramolecular Hbond substituents is 1. The maximum absolute atomic E-state index is 12.8. The van der Waals surface area contributed by atoms with E-state index in [0.29, 0.717) is 27.8 Å². The molecule has 1 heterocycles. The SMILES string of the molecule is COc1ccc2c(COC(=O)c3cc(C(C)C)cc(C(C)C)c3O)cc(=O)oc2c1. The van der Waals surface area contributed by atoms with Gasteiger partial charge in [-0.05, 0) is 41.2 Å². The van der Waals surface area contributed by atoms with Crippen molar-refractivity contribution in [3.8, 4) is 11.5 Å². The number of carbonyl (C=O) groups excluding carboxylic acids is 1. The molecule has 3 aromatic rings. The van der Waals surface area contributed by atoms with Crippen molar-refractivity contribution in [2.75, 3.05) is 7.11 Å². The summed E-state index contributed by atoms with van der Waals surface area (Å²) in [5.74, 6) is 0.0741. The van der Waals surface area contributed by atoms with Gasteiger partial charge >= 0.3 is 11.6 Å². The second-order valence-electron chi connectivity index (χ2n) is 7.84. The zero-order valence-corrected chi connectivity index (χ0v) is 17.8. The van der Waals surface area contributed by atoms with E-state index >= 15 is 0 Å². The number of esters is 1. The van der Waals surface area contributed by atoms with Gasteiger partial charge in [-0.25, -0.2) is 9.59 Å². The Kier molecular flexibility index (Phi) is 6.15. The van der Waals surface area contributed by atoms with Crippen molar-refractivity contribution in [2.24, 2.45) is 0 Å². The summed E-state index contributed by atoms with van der Waals surface area (Å²) in [6, 6.07) is 9.97. The minimum absolute atomic E-state index is 0.0490. The maximum Gasteiger partial charge on any atom is 0.342 e. The molecule has 0 aliphatic heterocycles. The van der Waals surface area contributed by atoms with E-state index in [1.54, 1.807) is 24.3 Å². The Morgan fingerprint density at radius 3 is 2.43 bits per heavy atom. The molecule has 0 bridgehead atoms. The van der Waals surface area contributed by atoms with E-state index in [-0.39, 0.29) is 29.8 Å². The Balaban J connectivity index is 1.94. The highest BCUT2D eigenvalue weighted by atomic mass is 16.5. The maximum atomic E-state index is 12.8. The fourth-order valence-electron chi connectivity index (χ4n) is 3.29. The lowest BCUT2D eigenvalue weighted by molar-refractivity contribution is 0.0470. The van der Waals surface area contributed by atoms with E-state index in [2.05, 4.69) is 0 Å². The van der Waals surface area contributed by atoms with Crippen LogP contribution in [0.25, 0.3) is 11.0 Å². The Labute approximate surface area is 175 Å². The average molecular weight is 410 g/mol. The quantitative estimate of drug-likeness (QED) is 0.449. The third-order valence-corrected chi connectivity index (χ3v) is 5.07. The van der Waals surface area contributed by atoms with Crippen molar-refractivity contribution < 1.29 is 23.8 Å². The first-order chi connectivity index (χ1) is 14.2. The van der Waals surface area contributed by atoms with Crippen LogP contribution in [0.3, 0.4) is 0 Å². The van der Waals surface area contributed by atoms with Crippen LogP contribution in [0, 0.1) is 0 Å². The highest BCUT2D eigenvalue weighted by molar-refractivity contribution is 5.93. The molecule has 0 unspecified atom stereocenters. The lowest BCUT2D eigenvalue weighted by Crippen LogP contribution is -2.10. The van der Waals surface area contributed by atoms with Gasteiger partial charge in [0, 0.05) is 23.1 Å². The smallest absolute Gasteiger partial charge is 0.342 e. The lowest BCUT2D eigenvalue weighted by atomic mass is 9.92. The second-order valence-corrected chi connectivity index (χ2v) is 7.84. The van der Waals surface area contributed by atoms with Crippen molar-refractivity contribution in [3.05, 3.63) is 69.1 Å². The van der Waals surface area contributed by atoms with Gasteiger partial charge in [0.25, 0.3) is 0 Å². The van der Waals surface area contributed by atoms with Crippen LogP contribution in [-0.4, -0.2) is 18.2 Å². The molecular formula is C24H26O6. The summed E-state index contributed by atoms with van der Waals surface area (Å²) in [5, 5.41) is 11.3. The zero-order chi connectivity index (χ0) is 22.0. The Hall–Kier alpha value is -3.28. The van der Waals surface area contributed by atoms with Gasteiger partial charge in [-0.3, -0.25) is 0 Å². The summed E-state index contributed by atoms with van der Waals surface area (Å²) in [5.41, 5.74) is 2.08. The number of methoxy groups -OCH3 is 1. The standard InChI is InChI=1S/C24H26O6/c1-13(2)15-8-19(14(3)4)23(26)20(9-15)24(27)29-12-16-10-22(25)30-21-11-17(28-5)6-7-18(16)21/h6-11,13-14,26H,12H2,1-5H3. The molecule has 0 aliphatic rings. The molecule has 0 saturated carbocycles. The third-order valence-electron chi connectivity index (χ3n) is 5.07.